The molecule has 30 heavy (non-hydrogen) atoms. The van der Waals surface area contributed by atoms with Crippen molar-refractivity contribution >= 4 is 17.5 Å². The number of benzene rings is 1. The van der Waals surface area contributed by atoms with Gasteiger partial charge in [0, 0.05) is 11.7 Å². The Morgan fingerprint density at radius 3 is 2.30 bits per heavy atom. The molecule has 156 valence electrons. The summed E-state index contributed by atoms with van der Waals surface area (Å²) in [4.78, 5) is 28.0. The number of carbonyl (C=O) groups is 2. The highest BCUT2D eigenvalue weighted by Crippen LogP contribution is 2.31. The topological polar surface area (TPSA) is 75.7 Å². The van der Waals surface area contributed by atoms with E-state index in [0.717, 1.165) is 32.1 Å². The second-order valence-corrected chi connectivity index (χ2v) is 7.39. The van der Waals surface area contributed by atoms with E-state index < -0.39 is 17.8 Å². The Labute approximate surface area is 173 Å². The molecule has 4 rings (SSSR count). The van der Waals surface area contributed by atoms with Crippen LogP contribution in [0.5, 0.6) is 0 Å². The number of hydrogen-bond donors (Lipinski definition) is 1. The summed E-state index contributed by atoms with van der Waals surface area (Å²) in [5, 5.41) is 3.07. The van der Waals surface area contributed by atoms with Gasteiger partial charge in [-0.05, 0) is 61.4 Å². The first-order chi connectivity index (χ1) is 14.6. The Hall–Kier alpha value is -3.35. The summed E-state index contributed by atoms with van der Waals surface area (Å²) in [6, 6.07) is 10.8. The molecule has 1 atom stereocenters. The van der Waals surface area contributed by atoms with Gasteiger partial charge in [-0.2, -0.15) is 0 Å². The number of halogens is 1. The second-order valence-electron chi connectivity index (χ2n) is 7.39. The van der Waals surface area contributed by atoms with E-state index in [9.17, 15) is 14.0 Å². The maximum absolute atomic E-state index is 13.5. The largest absolute Gasteiger partial charge is 0.467 e. The molecule has 7 heteroatoms. The van der Waals surface area contributed by atoms with Crippen LogP contribution in [0.4, 0.5) is 10.1 Å². The third kappa shape index (κ3) is 4.30. The maximum atomic E-state index is 13.5. The van der Waals surface area contributed by atoms with Gasteiger partial charge in [-0.3, -0.25) is 14.5 Å². The standard InChI is InChI=1S/C23H23FN2O4/c24-16-10-12-18(13-11-16)26(23(28)20-9-5-15-30-20)21(19-8-4-14-29-19)22(27)25-17-6-2-1-3-7-17/h4-5,8-15,17,21H,1-3,6-7H2,(H,25,27). The molecule has 1 unspecified atom stereocenters. The fourth-order valence-electron chi connectivity index (χ4n) is 3.85. The first-order valence-electron chi connectivity index (χ1n) is 10.1. The van der Waals surface area contributed by atoms with Crippen LogP contribution in [0.15, 0.2) is 69.9 Å². The van der Waals surface area contributed by atoms with Crippen LogP contribution in [-0.2, 0) is 4.79 Å². The molecule has 1 fully saturated rings. The zero-order chi connectivity index (χ0) is 20.9. The van der Waals surface area contributed by atoms with Crippen LogP contribution in [0, 0.1) is 5.82 Å². The van der Waals surface area contributed by atoms with E-state index >= 15 is 0 Å². The van der Waals surface area contributed by atoms with Crippen molar-refractivity contribution in [2.45, 2.75) is 44.2 Å². The average Bonchev–Trinajstić information content (AvgIpc) is 3.47. The van der Waals surface area contributed by atoms with E-state index in [2.05, 4.69) is 5.32 Å². The van der Waals surface area contributed by atoms with E-state index in [-0.39, 0.29) is 17.7 Å². The Kier molecular flexibility index (Phi) is 5.97. The molecule has 0 aliphatic heterocycles. The van der Waals surface area contributed by atoms with Crippen molar-refractivity contribution in [3.05, 3.63) is 78.4 Å². The highest BCUT2D eigenvalue weighted by molar-refractivity contribution is 6.08. The first kappa shape index (κ1) is 19.9. The molecule has 1 saturated carbocycles. The number of amides is 2. The average molecular weight is 410 g/mol. The smallest absolute Gasteiger partial charge is 0.295 e. The molecule has 0 spiro atoms. The molecule has 6 nitrogen and oxygen atoms in total. The minimum Gasteiger partial charge on any atom is -0.467 e. The van der Waals surface area contributed by atoms with E-state index in [1.165, 1.54) is 47.8 Å². The lowest BCUT2D eigenvalue weighted by molar-refractivity contribution is -0.123. The van der Waals surface area contributed by atoms with Gasteiger partial charge in [-0.1, -0.05) is 19.3 Å². The zero-order valence-corrected chi connectivity index (χ0v) is 16.4. The number of rotatable bonds is 6. The summed E-state index contributed by atoms with van der Waals surface area (Å²) in [6.07, 6.45) is 7.93. The number of nitrogens with zero attached hydrogens (tertiary/aromatic N) is 1. The fraction of sp³-hybridized carbons (Fsp3) is 0.304. The van der Waals surface area contributed by atoms with Gasteiger partial charge in [0.15, 0.2) is 11.8 Å². The monoisotopic (exact) mass is 410 g/mol. The van der Waals surface area contributed by atoms with Crippen molar-refractivity contribution in [3.8, 4) is 0 Å². The first-order valence-corrected chi connectivity index (χ1v) is 10.1. The quantitative estimate of drug-likeness (QED) is 0.630. The lowest BCUT2D eigenvalue weighted by Crippen LogP contribution is -2.47. The Balaban J connectivity index is 1.73. The van der Waals surface area contributed by atoms with Crippen molar-refractivity contribution in [2.75, 3.05) is 4.90 Å². The number of anilines is 1. The van der Waals surface area contributed by atoms with Gasteiger partial charge >= 0.3 is 0 Å². The molecule has 1 aromatic carbocycles. The van der Waals surface area contributed by atoms with Crippen molar-refractivity contribution in [1.29, 1.82) is 0 Å². The molecule has 0 radical (unpaired) electrons. The van der Waals surface area contributed by atoms with Gasteiger partial charge in [0.2, 0.25) is 0 Å². The Morgan fingerprint density at radius 1 is 0.967 bits per heavy atom. The summed E-state index contributed by atoms with van der Waals surface area (Å²) in [5.74, 6) is -0.924. The molecular formula is C23H23FN2O4. The Morgan fingerprint density at radius 2 is 1.67 bits per heavy atom. The molecule has 0 bridgehead atoms. The van der Waals surface area contributed by atoms with Crippen LogP contribution in [0.1, 0.15) is 54.5 Å². The zero-order valence-electron chi connectivity index (χ0n) is 16.4. The van der Waals surface area contributed by atoms with Gasteiger partial charge in [0.1, 0.15) is 11.6 Å². The molecule has 2 aromatic heterocycles. The molecule has 1 aliphatic carbocycles. The lowest BCUT2D eigenvalue weighted by Gasteiger charge is -2.31. The number of nitrogens with one attached hydrogen (secondary N) is 1. The number of furan rings is 2. The van der Waals surface area contributed by atoms with Crippen LogP contribution in [0.2, 0.25) is 0 Å². The van der Waals surface area contributed by atoms with E-state index in [4.69, 9.17) is 8.83 Å². The van der Waals surface area contributed by atoms with Crippen molar-refractivity contribution in [1.82, 2.24) is 5.32 Å². The van der Waals surface area contributed by atoms with Gasteiger partial charge in [0.25, 0.3) is 11.8 Å². The molecular weight excluding hydrogens is 387 g/mol. The maximum Gasteiger partial charge on any atom is 0.295 e. The molecule has 2 amide bonds. The lowest BCUT2D eigenvalue weighted by atomic mass is 9.95. The summed E-state index contributed by atoms with van der Waals surface area (Å²) >= 11 is 0. The normalized spacial score (nSPS) is 15.5. The van der Waals surface area contributed by atoms with E-state index in [1.54, 1.807) is 18.2 Å². The summed E-state index contributed by atoms with van der Waals surface area (Å²) < 4.78 is 24.4. The van der Waals surface area contributed by atoms with E-state index in [0.29, 0.717) is 11.4 Å². The highest BCUT2D eigenvalue weighted by atomic mass is 19.1. The SMILES string of the molecule is O=C(NC1CCCCC1)C(c1ccco1)N(C(=O)c1ccco1)c1ccc(F)cc1. The van der Waals surface area contributed by atoms with Gasteiger partial charge in [-0.25, -0.2) is 4.39 Å². The fourth-order valence-corrected chi connectivity index (χ4v) is 3.85. The molecule has 1 N–H and O–H groups in total. The molecule has 2 heterocycles. The van der Waals surface area contributed by atoms with Crippen molar-refractivity contribution in [3.63, 3.8) is 0 Å². The van der Waals surface area contributed by atoms with Gasteiger partial charge in [0.05, 0.1) is 12.5 Å². The van der Waals surface area contributed by atoms with E-state index in [1.807, 2.05) is 0 Å². The third-order valence-electron chi connectivity index (χ3n) is 5.33. The van der Waals surface area contributed by atoms with Crippen LogP contribution >= 0.6 is 0 Å². The van der Waals surface area contributed by atoms with Crippen LogP contribution in [0.3, 0.4) is 0 Å². The van der Waals surface area contributed by atoms with Crippen LogP contribution in [-0.4, -0.2) is 17.9 Å². The molecule has 0 saturated heterocycles. The predicted octanol–water partition coefficient (Wildman–Crippen LogP) is 4.85. The van der Waals surface area contributed by atoms with Crippen LogP contribution in [0.25, 0.3) is 0 Å². The Bertz CT molecular complexity index is 961. The number of carbonyl (C=O) groups excluding carboxylic acids is 2. The molecule has 3 aromatic rings. The highest BCUT2D eigenvalue weighted by Gasteiger charge is 2.37. The van der Waals surface area contributed by atoms with Crippen molar-refractivity contribution in [2.24, 2.45) is 0 Å². The van der Waals surface area contributed by atoms with Crippen LogP contribution < -0.4 is 10.2 Å². The predicted molar refractivity (Wildman–Crippen MR) is 108 cm³/mol. The minimum atomic E-state index is -1.06. The van der Waals surface area contributed by atoms with Crippen molar-refractivity contribution < 1.29 is 22.8 Å². The summed E-state index contributed by atoms with van der Waals surface area (Å²) in [6.45, 7) is 0. The minimum absolute atomic E-state index is 0.0532. The third-order valence-corrected chi connectivity index (χ3v) is 5.33. The number of hydrogen-bond acceptors (Lipinski definition) is 4. The molecule has 1 aliphatic rings. The van der Waals surface area contributed by atoms with Gasteiger partial charge < -0.3 is 14.2 Å². The second kappa shape index (κ2) is 8.98. The van der Waals surface area contributed by atoms with Gasteiger partial charge in [-0.15, -0.1) is 0 Å². The summed E-state index contributed by atoms with van der Waals surface area (Å²) in [5.41, 5.74) is 0.359. The summed E-state index contributed by atoms with van der Waals surface area (Å²) in [7, 11) is 0.